The van der Waals surface area contributed by atoms with E-state index in [9.17, 15) is 19.2 Å². The minimum absolute atomic E-state index is 0.104. The largest absolute Gasteiger partial charge is 0.457 e. The summed E-state index contributed by atoms with van der Waals surface area (Å²) in [5.41, 5.74) is -3.21. The quantitative estimate of drug-likeness (QED) is 0.402. The predicted octanol–water partition coefficient (Wildman–Crippen LogP) is 3.83. The van der Waals surface area contributed by atoms with E-state index in [0.717, 1.165) is 0 Å². The highest BCUT2D eigenvalue weighted by atomic mass is 19.1. The average Bonchev–Trinajstić information content (AvgIpc) is 3.48. The van der Waals surface area contributed by atoms with Crippen LogP contribution < -0.4 is 0 Å². The van der Waals surface area contributed by atoms with E-state index in [1.54, 1.807) is 26.8 Å². The molecule has 8 atom stereocenters. The van der Waals surface area contributed by atoms with Gasteiger partial charge in [-0.1, -0.05) is 33.8 Å². The van der Waals surface area contributed by atoms with Crippen molar-refractivity contribution >= 4 is 23.5 Å². The number of Topliss-reactive ketones (excluding diaryl/α,β-unsaturated/α-hetero) is 1. The van der Waals surface area contributed by atoms with Crippen molar-refractivity contribution in [1.82, 2.24) is 0 Å². The smallest absolute Gasteiger partial charge is 0.308 e. The van der Waals surface area contributed by atoms with E-state index in [2.05, 4.69) is 0 Å². The highest BCUT2D eigenvalue weighted by molar-refractivity contribution is 6.01. The van der Waals surface area contributed by atoms with Crippen molar-refractivity contribution in [2.75, 3.05) is 6.61 Å². The van der Waals surface area contributed by atoms with Crippen LogP contribution in [-0.2, 0) is 33.4 Å². The van der Waals surface area contributed by atoms with Gasteiger partial charge in [-0.25, -0.2) is 4.39 Å². The van der Waals surface area contributed by atoms with Gasteiger partial charge in [0.25, 0.3) is 0 Å². The summed E-state index contributed by atoms with van der Waals surface area (Å²) in [6.07, 6.45) is 4.73. The zero-order valence-electron chi connectivity index (χ0n) is 21.6. The number of hydrogen-bond acceptors (Lipinski definition) is 7. The molecule has 1 heterocycles. The van der Waals surface area contributed by atoms with Gasteiger partial charge in [-0.2, -0.15) is 0 Å². The maximum atomic E-state index is 15.7. The summed E-state index contributed by atoms with van der Waals surface area (Å²) in [6.45, 7) is 8.46. The summed E-state index contributed by atoms with van der Waals surface area (Å²) < 4.78 is 33.4. The second-order valence-corrected chi connectivity index (χ2v) is 11.9. The fourth-order valence-corrected chi connectivity index (χ4v) is 8.00. The monoisotopic (exact) mass is 502 g/mol. The lowest BCUT2D eigenvalue weighted by Gasteiger charge is -2.56. The molecule has 1 aliphatic heterocycles. The number of fused-ring (bicyclic) bond motifs is 3. The normalized spacial score (nSPS) is 44.1. The molecule has 196 valence electrons. The van der Waals surface area contributed by atoms with Crippen LogP contribution in [0.4, 0.5) is 4.39 Å². The highest BCUT2D eigenvalue weighted by Crippen LogP contribution is 2.76. The summed E-state index contributed by atoms with van der Waals surface area (Å²) in [6, 6.07) is 0. The first kappa shape index (κ1) is 25.3. The Hall–Kier alpha value is -2.35. The van der Waals surface area contributed by atoms with Gasteiger partial charge < -0.3 is 14.2 Å². The van der Waals surface area contributed by atoms with Gasteiger partial charge in [0, 0.05) is 17.3 Å². The summed E-state index contributed by atoms with van der Waals surface area (Å²) in [5, 5.41) is 0. The Morgan fingerprint density at radius 1 is 1.22 bits per heavy atom. The molecule has 0 amide bonds. The number of carbonyl (C=O) groups is 4. The van der Waals surface area contributed by atoms with E-state index in [-0.39, 0.29) is 36.6 Å². The molecule has 1 spiro atoms. The van der Waals surface area contributed by atoms with Crippen molar-refractivity contribution in [1.29, 1.82) is 0 Å². The number of epoxide rings is 1. The summed E-state index contributed by atoms with van der Waals surface area (Å²) in [7, 11) is 0. The van der Waals surface area contributed by atoms with Gasteiger partial charge in [0.1, 0.15) is 11.8 Å². The molecule has 1 saturated heterocycles. The summed E-state index contributed by atoms with van der Waals surface area (Å²) in [5.74, 6) is -2.39. The van der Waals surface area contributed by atoms with Gasteiger partial charge in [-0.3, -0.25) is 19.2 Å². The van der Waals surface area contributed by atoms with E-state index < -0.39 is 58.5 Å². The second-order valence-electron chi connectivity index (χ2n) is 11.9. The summed E-state index contributed by atoms with van der Waals surface area (Å²) in [4.78, 5) is 50.5. The van der Waals surface area contributed by atoms with Crippen molar-refractivity contribution in [3.05, 3.63) is 23.8 Å². The molecule has 5 aliphatic rings. The Balaban J connectivity index is 1.52. The van der Waals surface area contributed by atoms with Crippen LogP contribution in [0.25, 0.3) is 0 Å². The molecule has 0 radical (unpaired) electrons. The van der Waals surface area contributed by atoms with E-state index in [0.29, 0.717) is 24.8 Å². The predicted molar refractivity (Wildman–Crippen MR) is 126 cm³/mol. The fourth-order valence-electron chi connectivity index (χ4n) is 8.00. The van der Waals surface area contributed by atoms with Crippen LogP contribution in [0.1, 0.15) is 66.7 Å². The second kappa shape index (κ2) is 8.07. The maximum absolute atomic E-state index is 15.7. The molecule has 4 aliphatic carbocycles. The lowest BCUT2D eigenvalue weighted by atomic mass is 9.46. The maximum Gasteiger partial charge on any atom is 0.308 e. The number of ether oxygens (including phenoxy) is 3. The van der Waals surface area contributed by atoms with Crippen LogP contribution in [0, 0.1) is 28.6 Å². The van der Waals surface area contributed by atoms with Crippen molar-refractivity contribution in [3.8, 4) is 0 Å². The Morgan fingerprint density at radius 2 is 1.94 bits per heavy atom. The molecule has 7 nitrogen and oxygen atoms in total. The van der Waals surface area contributed by atoms with Crippen LogP contribution in [0.5, 0.6) is 0 Å². The van der Waals surface area contributed by atoms with Crippen molar-refractivity contribution < 1.29 is 37.8 Å². The lowest BCUT2D eigenvalue weighted by Crippen LogP contribution is -2.63. The standard InChI is InChI=1S/C28H35FO7/c1-6-23(32)36-27(21(31)14-34-24(33)15(2)3)10-8-17-18-12-20(29)19-11-16(30)7-9-25(19,4)28(18)22(35-28)13-26(17,27)5/h7,9,11,15,17-18,20,22H,6,8,10,12-14H2,1-5H3/t17-,18-,20-,22-,25-,26-,27-,28+/m0/s1. The zero-order chi connectivity index (χ0) is 26.3. The molecule has 4 fully saturated rings. The van der Waals surface area contributed by atoms with Gasteiger partial charge in [0.15, 0.2) is 18.0 Å². The first-order chi connectivity index (χ1) is 16.9. The van der Waals surface area contributed by atoms with Crippen LogP contribution in [0.3, 0.4) is 0 Å². The number of carbonyl (C=O) groups excluding carboxylic acids is 4. The highest BCUT2D eigenvalue weighted by Gasteiger charge is 2.82. The Bertz CT molecular complexity index is 1090. The number of halogens is 1. The molecule has 0 aromatic carbocycles. The average molecular weight is 503 g/mol. The van der Waals surface area contributed by atoms with Gasteiger partial charge in [-0.05, 0) is 62.2 Å². The molecule has 5 rings (SSSR count). The van der Waals surface area contributed by atoms with Gasteiger partial charge >= 0.3 is 11.9 Å². The van der Waals surface area contributed by atoms with Crippen LogP contribution in [0.15, 0.2) is 23.8 Å². The Labute approximate surface area is 210 Å². The molecule has 0 aromatic heterocycles. The topological polar surface area (TPSA) is 99.3 Å². The number of rotatable bonds is 6. The van der Waals surface area contributed by atoms with Gasteiger partial charge in [0.05, 0.1) is 12.0 Å². The number of esters is 2. The lowest BCUT2D eigenvalue weighted by molar-refractivity contribution is -0.189. The molecule has 0 N–H and O–H groups in total. The molecule has 0 aromatic rings. The molecule has 8 heteroatoms. The fraction of sp³-hybridized carbons (Fsp3) is 0.714. The molecule has 0 unspecified atom stereocenters. The van der Waals surface area contributed by atoms with Gasteiger partial charge in [-0.15, -0.1) is 0 Å². The number of alkyl halides is 1. The molecule has 3 saturated carbocycles. The first-order valence-corrected chi connectivity index (χ1v) is 13.0. The number of allylic oxidation sites excluding steroid dienone is 2. The van der Waals surface area contributed by atoms with E-state index in [1.165, 1.54) is 12.2 Å². The molecular weight excluding hydrogens is 467 g/mol. The SMILES string of the molecule is CCC(=O)O[C@]1(C(=O)COC(=O)C(C)C)CC[C@H]2[C@@H]3C[C@H](F)C4=CC(=O)C=C[C@]4(C)[C@@]34O[C@H]4C[C@@]21C. The third-order valence-corrected chi connectivity index (χ3v) is 9.89. The van der Waals surface area contributed by atoms with Crippen LogP contribution >= 0.6 is 0 Å². The van der Waals surface area contributed by atoms with Crippen molar-refractivity contribution in [2.45, 2.75) is 90.2 Å². The third kappa shape index (κ3) is 3.12. The Kier molecular flexibility index (Phi) is 5.67. The van der Waals surface area contributed by atoms with Crippen molar-refractivity contribution in [3.63, 3.8) is 0 Å². The number of ketones is 2. The van der Waals surface area contributed by atoms with Gasteiger partial charge in [0.2, 0.25) is 5.78 Å². The van der Waals surface area contributed by atoms with Crippen molar-refractivity contribution in [2.24, 2.45) is 28.6 Å². The van der Waals surface area contributed by atoms with E-state index in [4.69, 9.17) is 14.2 Å². The van der Waals surface area contributed by atoms with E-state index in [1.807, 2.05) is 13.8 Å². The zero-order valence-corrected chi connectivity index (χ0v) is 21.6. The molecule has 0 bridgehead atoms. The van der Waals surface area contributed by atoms with Crippen LogP contribution in [-0.4, -0.2) is 53.6 Å². The van der Waals surface area contributed by atoms with E-state index >= 15 is 4.39 Å². The minimum Gasteiger partial charge on any atom is -0.457 e. The first-order valence-electron chi connectivity index (χ1n) is 13.0. The summed E-state index contributed by atoms with van der Waals surface area (Å²) >= 11 is 0. The molecule has 36 heavy (non-hydrogen) atoms. The van der Waals surface area contributed by atoms with Crippen LogP contribution in [0.2, 0.25) is 0 Å². The number of hydrogen-bond donors (Lipinski definition) is 0. The minimum atomic E-state index is -1.47. The Morgan fingerprint density at radius 3 is 2.61 bits per heavy atom. The third-order valence-electron chi connectivity index (χ3n) is 9.89. The molecular formula is C28H35FO7.